The quantitative estimate of drug-likeness (QED) is 0.579. The van der Waals surface area contributed by atoms with E-state index in [4.69, 9.17) is 5.41 Å². The number of imidazole rings is 1. The summed E-state index contributed by atoms with van der Waals surface area (Å²) in [7, 11) is 0. The first-order valence-corrected chi connectivity index (χ1v) is 10.3. The fourth-order valence-electron chi connectivity index (χ4n) is 4.05. The van der Waals surface area contributed by atoms with Crippen molar-refractivity contribution in [3.8, 4) is 0 Å². The van der Waals surface area contributed by atoms with Crippen molar-refractivity contribution in [3.63, 3.8) is 0 Å². The summed E-state index contributed by atoms with van der Waals surface area (Å²) in [5.41, 5.74) is 3.98. The van der Waals surface area contributed by atoms with Crippen LogP contribution in [0.2, 0.25) is 0 Å². The number of hydrogen-bond acceptors (Lipinski definition) is 6. The van der Waals surface area contributed by atoms with Crippen LogP contribution < -0.4 is 15.8 Å². The van der Waals surface area contributed by atoms with E-state index in [1.165, 1.54) is 18.9 Å². The van der Waals surface area contributed by atoms with E-state index in [1.54, 1.807) is 16.7 Å². The standard InChI is InChI=1S/C22H25N7O/c1-14(21-24-11-15(2)26-21)9-17(23)18-10-20(30)29-12-16(3-4-19(29)27-18)28-8-7-25-22(13-28)5-6-22/h3-4,9-12,23,25H,5-8,13H2,1-2H3,(H,24,26)/b14-9-,23-17?. The van der Waals surface area contributed by atoms with Crippen LogP contribution in [0.1, 0.15) is 37.0 Å². The Kier molecular flexibility index (Phi) is 4.32. The number of fused-ring (bicyclic) bond motifs is 1. The lowest BCUT2D eigenvalue weighted by molar-refractivity contribution is 0.442. The van der Waals surface area contributed by atoms with Gasteiger partial charge in [0, 0.05) is 49.3 Å². The maximum Gasteiger partial charge on any atom is 0.258 e. The van der Waals surface area contributed by atoms with Gasteiger partial charge in [0.15, 0.2) is 0 Å². The molecule has 0 amide bonds. The van der Waals surface area contributed by atoms with Crippen molar-refractivity contribution in [2.24, 2.45) is 0 Å². The average molecular weight is 403 g/mol. The highest BCUT2D eigenvalue weighted by molar-refractivity contribution is 6.08. The van der Waals surface area contributed by atoms with Gasteiger partial charge in [-0.1, -0.05) is 0 Å². The first-order valence-electron chi connectivity index (χ1n) is 10.3. The summed E-state index contributed by atoms with van der Waals surface area (Å²) in [5.74, 6) is 0.712. The van der Waals surface area contributed by atoms with E-state index in [0.29, 0.717) is 17.2 Å². The predicted molar refractivity (Wildman–Crippen MR) is 117 cm³/mol. The van der Waals surface area contributed by atoms with Crippen LogP contribution >= 0.6 is 0 Å². The first-order chi connectivity index (χ1) is 14.4. The molecule has 1 spiro atoms. The summed E-state index contributed by atoms with van der Waals surface area (Å²) in [5, 5.41) is 12.0. The second-order valence-electron chi connectivity index (χ2n) is 8.38. The van der Waals surface area contributed by atoms with Crippen LogP contribution in [0.25, 0.3) is 11.2 Å². The van der Waals surface area contributed by atoms with Crippen molar-refractivity contribution in [2.45, 2.75) is 32.2 Å². The largest absolute Gasteiger partial charge is 0.367 e. The minimum Gasteiger partial charge on any atom is -0.367 e. The van der Waals surface area contributed by atoms with Crippen LogP contribution in [0.5, 0.6) is 0 Å². The Bertz CT molecular complexity index is 1230. The summed E-state index contributed by atoms with van der Waals surface area (Å²) in [6.45, 7) is 6.67. The number of rotatable bonds is 4. The topological polar surface area (TPSA) is 102 Å². The van der Waals surface area contributed by atoms with Crippen molar-refractivity contribution in [3.05, 3.63) is 64.2 Å². The fraction of sp³-hybridized carbons (Fsp3) is 0.364. The molecule has 3 aromatic heterocycles. The number of aryl methyl sites for hydroxylation is 1. The van der Waals surface area contributed by atoms with Crippen LogP contribution in [-0.2, 0) is 0 Å². The number of H-pyrrole nitrogens is 1. The van der Waals surface area contributed by atoms with E-state index >= 15 is 0 Å². The van der Waals surface area contributed by atoms with E-state index in [2.05, 4.69) is 25.2 Å². The number of piperazine rings is 1. The lowest BCUT2D eigenvalue weighted by Gasteiger charge is -2.35. The molecule has 1 saturated carbocycles. The van der Waals surface area contributed by atoms with Crippen molar-refractivity contribution >= 4 is 22.6 Å². The molecular weight excluding hydrogens is 378 g/mol. The SMILES string of the molecule is C/C(=C/C(=N)c1cc(=O)n2cc(N3CCNC4(CC4)C3)ccc2n1)c1ncc(C)[nH]1. The van der Waals surface area contributed by atoms with Gasteiger partial charge in [-0.05, 0) is 50.5 Å². The summed E-state index contributed by atoms with van der Waals surface area (Å²) in [6, 6.07) is 5.31. The summed E-state index contributed by atoms with van der Waals surface area (Å²) in [6.07, 6.45) is 7.73. The third kappa shape index (κ3) is 3.43. The summed E-state index contributed by atoms with van der Waals surface area (Å²) >= 11 is 0. The van der Waals surface area contributed by atoms with E-state index in [0.717, 1.165) is 36.6 Å². The lowest BCUT2D eigenvalue weighted by atomic mass is 10.1. The van der Waals surface area contributed by atoms with Crippen molar-refractivity contribution < 1.29 is 0 Å². The molecule has 0 aromatic carbocycles. The van der Waals surface area contributed by atoms with Gasteiger partial charge in [0.05, 0.1) is 17.1 Å². The predicted octanol–water partition coefficient (Wildman–Crippen LogP) is 2.14. The Morgan fingerprint density at radius 3 is 2.90 bits per heavy atom. The Labute approximate surface area is 174 Å². The number of pyridine rings is 1. The highest BCUT2D eigenvalue weighted by Crippen LogP contribution is 2.38. The van der Waals surface area contributed by atoms with Crippen LogP contribution in [-0.4, -0.2) is 50.2 Å². The van der Waals surface area contributed by atoms with Gasteiger partial charge in [0.2, 0.25) is 0 Å². The van der Waals surface area contributed by atoms with Crippen molar-refractivity contribution in [1.29, 1.82) is 5.41 Å². The van der Waals surface area contributed by atoms with Gasteiger partial charge in [-0.25, -0.2) is 9.97 Å². The number of anilines is 1. The van der Waals surface area contributed by atoms with Gasteiger partial charge in [-0.15, -0.1) is 0 Å². The number of aromatic amines is 1. The zero-order chi connectivity index (χ0) is 20.9. The van der Waals surface area contributed by atoms with Crippen LogP contribution in [0.3, 0.4) is 0 Å². The van der Waals surface area contributed by atoms with E-state index in [1.807, 2.05) is 32.2 Å². The molecule has 4 heterocycles. The molecule has 0 radical (unpaired) electrons. The smallest absolute Gasteiger partial charge is 0.258 e. The summed E-state index contributed by atoms with van der Waals surface area (Å²) < 4.78 is 1.57. The van der Waals surface area contributed by atoms with Crippen molar-refractivity contribution in [1.82, 2.24) is 24.7 Å². The van der Waals surface area contributed by atoms with Crippen LogP contribution in [0.15, 0.2) is 41.5 Å². The molecule has 1 saturated heterocycles. The van der Waals surface area contributed by atoms with Gasteiger partial charge in [0.1, 0.15) is 11.5 Å². The fourth-order valence-corrected chi connectivity index (χ4v) is 4.05. The van der Waals surface area contributed by atoms with Gasteiger partial charge in [-0.2, -0.15) is 0 Å². The molecule has 8 nitrogen and oxygen atoms in total. The van der Waals surface area contributed by atoms with E-state index in [9.17, 15) is 4.79 Å². The minimum absolute atomic E-state index is 0.183. The van der Waals surface area contributed by atoms with Crippen LogP contribution in [0, 0.1) is 12.3 Å². The zero-order valence-electron chi connectivity index (χ0n) is 17.2. The molecule has 0 atom stereocenters. The minimum atomic E-state index is -0.183. The second kappa shape index (κ2) is 6.91. The Hall–Kier alpha value is -3.26. The molecule has 0 bridgehead atoms. The Morgan fingerprint density at radius 2 is 2.17 bits per heavy atom. The summed E-state index contributed by atoms with van der Waals surface area (Å²) in [4.78, 5) is 27.1. The third-order valence-electron chi connectivity index (χ3n) is 5.95. The molecule has 30 heavy (non-hydrogen) atoms. The zero-order valence-corrected chi connectivity index (χ0v) is 17.2. The van der Waals surface area contributed by atoms with E-state index < -0.39 is 0 Å². The molecule has 1 aliphatic carbocycles. The molecule has 2 aliphatic rings. The van der Waals surface area contributed by atoms with Gasteiger partial charge in [0.25, 0.3) is 5.56 Å². The molecule has 2 fully saturated rings. The van der Waals surface area contributed by atoms with Gasteiger partial charge >= 0.3 is 0 Å². The molecule has 154 valence electrons. The van der Waals surface area contributed by atoms with Gasteiger partial charge < -0.3 is 15.2 Å². The lowest BCUT2D eigenvalue weighted by Crippen LogP contribution is -2.52. The molecule has 3 aromatic rings. The molecule has 8 heteroatoms. The highest BCUT2D eigenvalue weighted by Gasteiger charge is 2.45. The highest BCUT2D eigenvalue weighted by atomic mass is 16.1. The van der Waals surface area contributed by atoms with Crippen LogP contribution in [0.4, 0.5) is 5.69 Å². The monoisotopic (exact) mass is 403 g/mol. The molecule has 0 unspecified atom stereocenters. The maximum absolute atomic E-state index is 12.8. The number of allylic oxidation sites excluding steroid dienone is 2. The number of hydrogen-bond donors (Lipinski definition) is 3. The third-order valence-corrected chi connectivity index (χ3v) is 5.95. The van der Waals surface area contributed by atoms with E-state index in [-0.39, 0.29) is 16.8 Å². The normalized spacial score (nSPS) is 18.2. The Morgan fingerprint density at radius 1 is 1.33 bits per heavy atom. The van der Waals surface area contributed by atoms with Gasteiger partial charge in [-0.3, -0.25) is 14.6 Å². The molecular formula is C22H25N7O. The molecule has 5 rings (SSSR count). The van der Waals surface area contributed by atoms with Crippen molar-refractivity contribution in [2.75, 3.05) is 24.5 Å². The average Bonchev–Trinajstić information content (AvgIpc) is 3.32. The number of nitrogens with zero attached hydrogens (tertiary/aromatic N) is 4. The first kappa shape index (κ1) is 18.7. The second-order valence-corrected chi connectivity index (χ2v) is 8.38. The number of nitrogens with one attached hydrogen (secondary N) is 3. The molecule has 1 aliphatic heterocycles. The maximum atomic E-state index is 12.8. The Balaban J connectivity index is 1.44. The molecule has 3 N–H and O–H groups in total. The number of aromatic nitrogens is 4.